The molecule has 21 heavy (non-hydrogen) atoms. The van der Waals surface area contributed by atoms with Crippen molar-refractivity contribution in [3.8, 4) is 0 Å². The number of anilines is 1. The van der Waals surface area contributed by atoms with Gasteiger partial charge in [0.25, 0.3) is 0 Å². The summed E-state index contributed by atoms with van der Waals surface area (Å²) in [7, 11) is 0. The number of hydrogen-bond donors (Lipinski definition) is 1. The molecule has 1 atom stereocenters. The van der Waals surface area contributed by atoms with Crippen molar-refractivity contribution >= 4 is 23.4 Å². The predicted octanol–water partition coefficient (Wildman–Crippen LogP) is 3.63. The third kappa shape index (κ3) is 3.27. The third-order valence-electron chi connectivity index (χ3n) is 3.83. The van der Waals surface area contributed by atoms with E-state index < -0.39 is 0 Å². The number of aryl methyl sites for hydroxylation is 1. The zero-order valence-corrected chi connectivity index (χ0v) is 12.6. The summed E-state index contributed by atoms with van der Waals surface area (Å²) in [6.07, 6.45) is 3.25. The van der Waals surface area contributed by atoms with Gasteiger partial charge in [-0.3, -0.25) is 10.1 Å². The lowest BCUT2D eigenvalue weighted by Crippen LogP contribution is -2.17. The van der Waals surface area contributed by atoms with Gasteiger partial charge in [-0.05, 0) is 42.9 Å². The Balaban J connectivity index is 1.68. The number of fused-ring (bicyclic) bond motifs is 1. The van der Waals surface area contributed by atoms with E-state index in [9.17, 15) is 4.79 Å². The van der Waals surface area contributed by atoms with Crippen LogP contribution in [0.3, 0.4) is 0 Å². The highest BCUT2D eigenvalue weighted by atomic mass is 35.5. The van der Waals surface area contributed by atoms with Gasteiger partial charge < -0.3 is 4.52 Å². The van der Waals surface area contributed by atoms with Crippen LogP contribution in [0.25, 0.3) is 0 Å². The van der Waals surface area contributed by atoms with E-state index in [1.807, 2.05) is 12.1 Å². The van der Waals surface area contributed by atoms with Crippen LogP contribution >= 0.6 is 11.6 Å². The lowest BCUT2D eigenvalue weighted by atomic mass is 9.89. The first-order chi connectivity index (χ1) is 10.1. The number of aromatic nitrogens is 1. The molecular formula is C16H17ClN2O2. The van der Waals surface area contributed by atoms with Gasteiger partial charge in [0.05, 0.1) is 12.1 Å². The van der Waals surface area contributed by atoms with Crippen LogP contribution in [0.1, 0.15) is 30.2 Å². The minimum atomic E-state index is -0.102. The largest absolute Gasteiger partial charge is 0.338 e. The smallest absolute Gasteiger partial charge is 0.234 e. The molecule has 0 saturated heterocycles. The molecule has 2 aromatic rings. The second kappa shape index (κ2) is 5.90. The van der Waals surface area contributed by atoms with E-state index in [1.54, 1.807) is 12.1 Å². The summed E-state index contributed by atoms with van der Waals surface area (Å²) >= 11 is 5.83. The fraction of sp³-hybridized carbons (Fsp3) is 0.375. The van der Waals surface area contributed by atoms with Crippen molar-refractivity contribution in [3.63, 3.8) is 0 Å². The van der Waals surface area contributed by atoms with E-state index in [0.29, 0.717) is 23.2 Å². The predicted molar refractivity (Wildman–Crippen MR) is 81.5 cm³/mol. The number of nitrogens with one attached hydrogen (secondary N) is 1. The van der Waals surface area contributed by atoms with Gasteiger partial charge in [0.15, 0.2) is 0 Å². The van der Waals surface area contributed by atoms with E-state index in [2.05, 4.69) is 17.4 Å². The van der Waals surface area contributed by atoms with Crippen LogP contribution in [0.15, 0.2) is 28.8 Å². The van der Waals surface area contributed by atoms with Gasteiger partial charge in [0.2, 0.25) is 11.8 Å². The van der Waals surface area contributed by atoms with E-state index in [-0.39, 0.29) is 5.91 Å². The first kappa shape index (κ1) is 14.1. The molecule has 1 aliphatic rings. The summed E-state index contributed by atoms with van der Waals surface area (Å²) in [5.41, 5.74) is 2.95. The molecule has 3 rings (SSSR count). The average Bonchev–Trinajstić information content (AvgIpc) is 2.84. The van der Waals surface area contributed by atoms with Crippen molar-refractivity contribution in [2.75, 3.05) is 5.32 Å². The van der Waals surface area contributed by atoms with Crippen LogP contribution in [0.5, 0.6) is 0 Å². The molecule has 1 aliphatic carbocycles. The normalized spacial score (nSPS) is 17.3. The van der Waals surface area contributed by atoms with Gasteiger partial charge in [0, 0.05) is 10.6 Å². The van der Waals surface area contributed by atoms with Crippen molar-refractivity contribution in [1.82, 2.24) is 5.16 Å². The minimum Gasteiger partial charge on any atom is -0.338 e. The number of amides is 1. The molecule has 110 valence electrons. The van der Waals surface area contributed by atoms with Crippen molar-refractivity contribution in [1.29, 1.82) is 0 Å². The summed E-state index contributed by atoms with van der Waals surface area (Å²) in [6.45, 7) is 2.20. The molecule has 0 spiro atoms. The maximum Gasteiger partial charge on any atom is 0.234 e. The first-order valence-electron chi connectivity index (χ1n) is 7.13. The van der Waals surface area contributed by atoms with Crippen LogP contribution in [-0.2, 0) is 24.1 Å². The standard InChI is InChI=1S/C16H17ClN2O2/c1-10-2-7-14-13(8-10)16(21-19-14)18-15(20)9-11-3-5-12(17)6-4-11/h3-6,10H,2,7-9H2,1H3,(H,18,20)/t10-/m0/s1. The molecule has 0 radical (unpaired) electrons. The number of carbonyl (C=O) groups is 1. The monoisotopic (exact) mass is 304 g/mol. The number of hydrogen-bond acceptors (Lipinski definition) is 3. The van der Waals surface area contributed by atoms with Crippen molar-refractivity contribution in [3.05, 3.63) is 46.1 Å². The van der Waals surface area contributed by atoms with E-state index >= 15 is 0 Å². The van der Waals surface area contributed by atoms with Crippen molar-refractivity contribution in [2.24, 2.45) is 5.92 Å². The Bertz CT molecular complexity index is 649. The Hall–Kier alpha value is -1.81. The topological polar surface area (TPSA) is 55.1 Å². The molecule has 0 fully saturated rings. The van der Waals surface area contributed by atoms with Crippen LogP contribution in [0.4, 0.5) is 5.88 Å². The van der Waals surface area contributed by atoms with Gasteiger partial charge >= 0.3 is 0 Å². The fourth-order valence-corrected chi connectivity index (χ4v) is 2.77. The van der Waals surface area contributed by atoms with Gasteiger partial charge in [-0.15, -0.1) is 0 Å². The first-order valence-corrected chi connectivity index (χ1v) is 7.51. The Kier molecular flexibility index (Phi) is 3.97. The van der Waals surface area contributed by atoms with Gasteiger partial charge in [-0.2, -0.15) is 0 Å². The van der Waals surface area contributed by atoms with E-state index in [1.165, 1.54) is 0 Å². The number of nitrogens with zero attached hydrogens (tertiary/aromatic N) is 1. The number of benzene rings is 1. The molecule has 0 bridgehead atoms. The van der Waals surface area contributed by atoms with E-state index in [0.717, 1.165) is 36.1 Å². The SMILES string of the molecule is C[C@H]1CCc2noc(NC(=O)Cc3ccc(Cl)cc3)c2C1. The summed E-state index contributed by atoms with van der Waals surface area (Å²) in [5, 5.41) is 7.55. The summed E-state index contributed by atoms with van der Waals surface area (Å²) < 4.78 is 5.29. The second-order valence-electron chi connectivity index (χ2n) is 5.64. The molecule has 1 aromatic heterocycles. The zero-order valence-electron chi connectivity index (χ0n) is 11.9. The average molecular weight is 305 g/mol. The quantitative estimate of drug-likeness (QED) is 0.942. The molecule has 0 saturated carbocycles. The third-order valence-corrected chi connectivity index (χ3v) is 4.08. The van der Waals surface area contributed by atoms with Gasteiger partial charge in [0.1, 0.15) is 0 Å². The maximum atomic E-state index is 12.1. The number of rotatable bonds is 3. The summed E-state index contributed by atoms with van der Waals surface area (Å²) in [4.78, 5) is 12.1. The minimum absolute atomic E-state index is 0.102. The lowest BCUT2D eigenvalue weighted by Gasteiger charge is -2.16. The number of carbonyl (C=O) groups excluding carboxylic acids is 1. The van der Waals surface area contributed by atoms with Crippen molar-refractivity contribution < 1.29 is 9.32 Å². The highest BCUT2D eigenvalue weighted by Crippen LogP contribution is 2.30. The summed E-state index contributed by atoms with van der Waals surface area (Å²) in [5.74, 6) is 1.01. The van der Waals surface area contributed by atoms with Gasteiger partial charge in [-0.25, -0.2) is 0 Å². The zero-order chi connectivity index (χ0) is 14.8. The molecule has 1 aromatic carbocycles. The molecule has 0 aliphatic heterocycles. The van der Waals surface area contributed by atoms with E-state index in [4.69, 9.17) is 16.1 Å². The molecule has 1 amide bonds. The second-order valence-corrected chi connectivity index (χ2v) is 6.07. The van der Waals surface area contributed by atoms with Crippen molar-refractivity contribution in [2.45, 2.75) is 32.6 Å². The molecular weight excluding hydrogens is 288 g/mol. The molecule has 0 unspecified atom stereocenters. The van der Waals surface area contributed by atoms with Crippen LogP contribution in [0, 0.1) is 5.92 Å². The Morgan fingerprint density at radius 2 is 2.19 bits per heavy atom. The lowest BCUT2D eigenvalue weighted by molar-refractivity contribution is -0.115. The Labute approximate surface area is 128 Å². The molecule has 5 heteroatoms. The highest BCUT2D eigenvalue weighted by molar-refractivity contribution is 6.30. The maximum absolute atomic E-state index is 12.1. The molecule has 4 nitrogen and oxygen atoms in total. The molecule has 1 N–H and O–H groups in total. The Morgan fingerprint density at radius 1 is 1.43 bits per heavy atom. The number of halogens is 1. The van der Waals surface area contributed by atoms with Crippen LogP contribution in [0.2, 0.25) is 5.02 Å². The van der Waals surface area contributed by atoms with Crippen LogP contribution in [-0.4, -0.2) is 11.1 Å². The van der Waals surface area contributed by atoms with Crippen LogP contribution < -0.4 is 5.32 Å². The Morgan fingerprint density at radius 3 is 2.95 bits per heavy atom. The fourth-order valence-electron chi connectivity index (χ4n) is 2.64. The highest BCUT2D eigenvalue weighted by Gasteiger charge is 2.24. The molecule has 1 heterocycles. The van der Waals surface area contributed by atoms with Gasteiger partial charge in [-0.1, -0.05) is 35.8 Å². The summed E-state index contributed by atoms with van der Waals surface area (Å²) in [6, 6.07) is 7.25.